The predicted molar refractivity (Wildman–Crippen MR) is 45.3 cm³/mol. The summed E-state index contributed by atoms with van der Waals surface area (Å²) in [5.41, 5.74) is 7.13. The standard InChI is InChI=1S/C8H9N3O/c1-11-4-2-3-7(11)8-6(9)5-10-12-8/h2-5H,9H2,1H3. The normalized spacial score (nSPS) is 10.4. The van der Waals surface area contributed by atoms with Crippen molar-refractivity contribution in [2.75, 3.05) is 5.73 Å². The lowest BCUT2D eigenvalue weighted by atomic mass is 10.3. The zero-order valence-electron chi connectivity index (χ0n) is 6.69. The number of aryl methyl sites for hydroxylation is 1. The van der Waals surface area contributed by atoms with E-state index in [4.69, 9.17) is 10.3 Å². The van der Waals surface area contributed by atoms with E-state index in [-0.39, 0.29) is 0 Å². The SMILES string of the molecule is Cn1cccc1-c1oncc1N. The first-order chi connectivity index (χ1) is 5.79. The fourth-order valence-electron chi connectivity index (χ4n) is 1.14. The van der Waals surface area contributed by atoms with Gasteiger partial charge in [-0.25, -0.2) is 0 Å². The lowest BCUT2D eigenvalue weighted by Gasteiger charge is -1.97. The Kier molecular flexibility index (Phi) is 1.40. The van der Waals surface area contributed by atoms with Crippen LogP contribution in [0.3, 0.4) is 0 Å². The Morgan fingerprint density at radius 1 is 1.58 bits per heavy atom. The second-order valence-electron chi connectivity index (χ2n) is 2.61. The van der Waals surface area contributed by atoms with Gasteiger partial charge in [-0.05, 0) is 12.1 Å². The van der Waals surface area contributed by atoms with Crippen molar-refractivity contribution in [2.45, 2.75) is 0 Å². The van der Waals surface area contributed by atoms with E-state index in [2.05, 4.69) is 5.16 Å². The highest BCUT2D eigenvalue weighted by Gasteiger charge is 2.09. The van der Waals surface area contributed by atoms with Crippen LogP contribution in [-0.4, -0.2) is 9.72 Å². The van der Waals surface area contributed by atoms with Crippen LogP contribution in [0.5, 0.6) is 0 Å². The smallest absolute Gasteiger partial charge is 0.206 e. The molecule has 0 unspecified atom stereocenters. The molecule has 12 heavy (non-hydrogen) atoms. The average molecular weight is 163 g/mol. The van der Waals surface area contributed by atoms with Gasteiger partial charge in [-0.3, -0.25) is 0 Å². The molecule has 0 fully saturated rings. The van der Waals surface area contributed by atoms with E-state index in [9.17, 15) is 0 Å². The third-order valence-corrected chi connectivity index (χ3v) is 1.77. The van der Waals surface area contributed by atoms with Gasteiger partial charge in [0.1, 0.15) is 5.69 Å². The molecular formula is C8H9N3O. The van der Waals surface area contributed by atoms with Crippen LogP contribution in [0.4, 0.5) is 5.69 Å². The van der Waals surface area contributed by atoms with Crippen LogP contribution in [0.15, 0.2) is 29.0 Å². The topological polar surface area (TPSA) is 57.0 Å². The molecule has 4 heteroatoms. The van der Waals surface area contributed by atoms with Gasteiger partial charge in [0, 0.05) is 13.2 Å². The number of nitrogen functional groups attached to an aromatic ring is 1. The maximum Gasteiger partial charge on any atom is 0.206 e. The molecule has 0 aliphatic heterocycles. The Balaban J connectivity index is 2.57. The zero-order chi connectivity index (χ0) is 8.55. The highest BCUT2D eigenvalue weighted by molar-refractivity contribution is 5.67. The van der Waals surface area contributed by atoms with Crippen LogP contribution in [0, 0.1) is 0 Å². The van der Waals surface area contributed by atoms with Crippen LogP contribution < -0.4 is 5.73 Å². The summed E-state index contributed by atoms with van der Waals surface area (Å²) in [5, 5.41) is 3.61. The van der Waals surface area contributed by atoms with Gasteiger partial charge in [0.05, 0.1) is 11.9 Å². The molecule has 0 radical (unpaired) electrons. The number of nitrogens with zero attached hydrogens (tertiary/aromatic N) is 2. The Morgan fingerprint density at radius 2 is 2.42 bits per heavy atom. The molecule has 0 atom stereocenters. The lowest BCUT2D eigenvalue weighted by Crippen LogP contribution is -1.91. The monoisotopic (exact) mass is 163 g/mol. The number of anilines is 1. The van der Waals surface area contributed by atoms with Crippen molar-refractivity contribution in [2.24, 2.45) is 7.05 Å². The van der Waals surface area contributed by atoms with Gasteiger partial charge >= 0.3 is 0 Å². The molecule has 0 aliphatic carbocycles. The van der Waals surface area contributed by atoms with Crippen molar-refractivity contribution in [1.29, 1.82) is 0 Å². The van der Waals surface area contributed by atoms with Crippen LogP contribution in [-0.2, 0) is 7.05 Å². The second kappa shape index (κ2) is 2.41. The number of hydrogen-bond acceptors (Lipinski definition) is 3. The van der Waals surface area contributed by atoms with Gasteiger partial charge < -0.3 is 14.8 Å². The van der Waals surface area contributed by atoms with Crippen LogP contribution >= 0.6 is 0 Å². The maximum absolute atomic E-state index is 5.63. The predicted octanol–water partition coefficient (Wildman–Crippen LogP) is 1.26. The zero-order valence-corrected chi connectivity index (χ0v) is 6.69. The molecule has 2 aromatic heterocycles. The van der Waals surface area contributed by atoms with Crippen molar-refractivity contribution in [3.05, 3.63) is 24.5 Å². The number of hydrogen-bond donors (Lipinski definition) is 1. The van der Waals surface area contributed by atoms with Crippen molar-refractivity contribution in [3.8, 4) is 11.5 Å². The van der Waals surface area contributed by atoms with Gasteiger partial charge in [0.15, 0.2) is 0 Å². The molecule has 0 amide bonds. The Hall–Kier alpha value is -1.71. The molecule has 0 spiro atoms. The fraction of sp³-hybridized carbons (Fsp3) is 0.125. The van der Waals surface area contributed by atoms with Crippen molar-refractivity contribution >= 4 is 5.69 Å². The number of aromatic nitrogens is 2. The van der Waals surface area contributed by atoms with Gasteiger partial charge in [-0.2, -0.15) is 0 Å². The summed E-state index contributed by atoms with van der Waals surface area (Å²) in [7, 11) is 1.93. The quantitative estimate of drug-likeness (QED) is 0.688. The third-order valence-electron chi connectivity index (χ3n) is 1.77. The van der Waals surface area contributed by atoms with Crippen LogP contribution in [0.1, 0.15) is 0 Å². The van der Waals surface area contributed by atoms with E-state index >= 15 is 0 Å². The van der Waals surface area contributed by atoms with Gasteiger partial charge in [0.25, 0.3) is 0 Å². The molecule has 2 aromatic rings. The average Bonchev–Trinajstić information content (AvgIpc) is 2.59. The van der Waals surface area contributed by atoms with Crippen LogP contribution in [0.2, 0.25) is 0 Å². The highest BCUT2D eigenvalue weighted by atomic mass is 16.5. The van der Waals surface area contributed by atoms with Crippen molar-refractivity contribution in [1.82, 2.24) is 9.72 Å². The summed E-state index contributed by atoms with van der Waals surface area (Å²) >= 11 is 0. The van der Waals surface area contributed by atoms with Crippen molar-refractivity contribution in [3.63, 3.8) is 0 Å². The lowest BCUT2D eigenvalue weighted by molar-refractivity contribution is 0.430. The molecule has 0 saturated heterocycles. The number of nitrogens with two attached hydrogens (primary N) is 1. The van der Waals surface area contributed by atoms with E-state index in [0.29, 0.717) is 11.4 Å². The Bertz CT molecular complexity index is 350. The third kappa shape index (κ3) is 0.887. The molecule has 2 N–H and O–H groups in total. The highest BCUT2D eigenvalue weighted by Crippen LogP contribution is 2.24. The number of rotatable bonds is 1. The summed E-state index contributed by atoms with van der Waals surface area (Å²) in [5.74, 6) is 0.627. The first-order valence-electron chi connectivity index (χ1n) is 3.61. The summed E-state index contributed by atoms with van der Waals surface area (Å²) in [4.78, 5) is 0. The Morgan fingerprint density at radius 3 is 2.92 bits per heavy atom. The van der Waals surface area contributed by atoms with Gasteiger partial charge in [-0.15, -0.1) is 0 Å². The molecule has 0 bridgehead atoms. The van der Waals surface area contributed by atoms with Gasteiger partial charge in [-0.1, -0.05) is 5.16 Å². The fourth-order valence-corrected chi connectivity index (χ4v) is 1.14. The first kappa shape index (κ1) is 6.97. The van der Waals surface area contributed by atoms with Crippen LogP contribution in [0.25, 0.3) is 11.5 Å². The van der Waals surface area contributed by atoms with E-state index in [1.165, 1.54) is 6.20 Å². The molecule has 0 aromatic carbocycles. The van der Waals surface area contributed by atoms with E-state index in [1.807, 2.05) is 29.9 Å². The largest absolute Gasteiger partial charge is 0.394 e. The molecule has 0 saturated carbocycles. The minimum Gasteiger partial charge on any atom is -0.394 e. The summed E-state index contributed by atoms with van der Waals surface area (Å²) in [6.07, 6.45) is 3.43. The molecule has 4 nitrogen and oxygen atoms in total. The second-order valence-corrected chi connectivity index (χ2v) is 2.61. The van der Waals surface area contributed by atoms with E-state index in [1.54, 1.807) is 0 Å². The summed E-state index contributed by atoms with van der Waals surface area (Å²) < 4.78 is 6.92. The molecule has 2 heterocycles. The minimum atomic E-state index is 0.566. The maximum atomic E-state index is 5.63. The van der Waals surface area contributed by atoms with E-state index in [0.717, 1.165) is 5.69 Å². The van der Waals surface area contributed by atoms with Gasteiger partial charge in [0.2, 0.25) is 5.76 Å². The van der Waals surface area contributed by atoms with Crippen molar-refractivity contribution < 1.29 is 4.52 Å². The summed E-state index contributed by atoms with van der Waals surface area (Å²) in [6.45, 7) is 0. The van der Waals surface area contributed by atoms with E-state index < -0.39 is 0 Å². The molecule has 62 valence electrons. The first-order valence-corrected chi connectivity index (χ1v) is 3.61. The summed E-state index contributed by atoms with van der Waals surface area (Å²) in [6, 6.07) is 3.86. The minimum absolute atomic E-state index is 0.566. The molecular weight excluding hydrogens is 154 g/mol. The molecule has 2 rings (SSSR count). The molecule has 0 aliphatic rings. The Labute approximate surface area is 69.6 Å².